The molecule has 0 N–H and O–H groups in total. The Labute approximate surface area is 81.1 Å². The molecule has 1 aromatic heterocycles. The zero-order valence-electron chi connectivity index (χ0n) is 7.21. The topological polar surface area (TPSA) is 22.4 Å². The van der Waals surface area contributed by atoms with E-state index in [0.717, 1.165) is 16.5 Å². The molecule has 2 nitrogen and oxygen atoms in total. The van der Waals surface area contributed by atoms with E-state index < -0.39 is 0 Å². The highest BCUT2D eigenvalue weighted by Gasteiger charge is 2.04. The SMILES string of the molecule is COCc1coc2cc(Cl)ccc12. The maximum Gasteiger partial charge on any atom is 0.135 e. The Balaban J connectivity index is 2.55. The fourth-order valence-corrected chi connectivity index (χ4v) is 1.49. The predicted octanol–water partition coefficient (Wildman–Crippen LogP) is 3.23. The van der Waals surface area contributed by atoms with Gasteiger partial charge in [0.1, 0.15) is 5.58 Å². The van der Waals surface area contributed by atoms with Crippen molar-refractivity contribution in [3.63, 3.8) is 0 Å². The van der Waals surface area contributed by atoms with E-state index in [2.05, 4.69) is 0 Å². The molecule has 13 heavy (non-hydrogen) atoms. The largest absolute Gasteiger partial charge is 0.464 e. The summed E-state index contributed by atoms with van der Waals surface area (Å²) < 4.78 is 10.3. The van der Waals surface area contributed by atoms with Crippen LogP contribution in [0.3, 0.4) is 0 Å². The average molecular weight is 197 g/mol. The second-order valence-corrected chi connectivity index (χ2v) is 3.27. The van der Waals surface area contributed by atoms with Crippen molar-refractivity contribution in [2.75, 3.05) is 7.11 Å². The lowest BCUT2D eigenvalue weighted by molar-refractivity contribution is 0.185. The van der Waals surface area contributed by atoms with Crippen LogP contribution in [0, 0.1) is 0 Å². The third kappa shape index (κ3) is 1.55. The quantitative estimate of drug-likeness (QED) is 0.736. The zero-order chi connectivity index (χ0) is 9.26. The number of ether oxygens (including phenoxy) is 1. The molecule has 1 heterocycles. The Hall–Kier alpha value is -0.990. The van der Waals surface area contributed by atoms with Crippen LogP contribution >= 0.6 is 11.6 Å². The minimum Gasteiger partial charge on any atom is -0.464 e. The highest BCUT2D eigenvalue weighted by molar-refractivity contribution is 6.31. The minimum atomic E-state index is 0.564. The van der Waals surface area contributed by atoms with Crippen LogP contribution in [0.1, 0.15) is 5.56 Å². The number of benzene rings is 1. The molecule has 0 atom stereocenters. The van der Waals surface area contributed by atoms with Crippen molar-refractivity contribution in [3.8, 4) is 0 Å². The molecule has 1 aromatic carbocycles. The van der Waals surface area contributed by atoms with Gasteiger partial charge in [0.2, 0.25) is 0 Å². The van der Waals surface area contributed by atoms with Gasteiger partial charge in [-0.1, -0.05) is 11.6 Å². The second-order valence-electron chi connectivity index (χ2n) is 2.83. The summed E-state index contributed by atoms with van der Waals surface area (Å²) in [5, 5.41) is 1.75. The Bertz CT molecular complexity index is 420. The highest BCUT2D eigenvalue weighted by Crippen LogP contribution is 2.24. The molecule has 0 unspecified atom stereocenters. The average Bonchev–Trinajstić information content (AvgIpc) is 2.49. The van der Waals surface area contributed by atoms with Crippen LogP contribution in [-0.4, -0.2) is 7.11 Å². The minimum absolute atomic E-state index is 0.564. The zero-order valence-corrected chi connectivity index (χ0v) is 7.97. The van der Waals surface area contributed by atoms with Gasteiger partial charge >= 0.3 is 0 Å². The normalized spacial score (nSPS) is 10.9. The summed E-state index contributed by atoms with van der Waals surface area (Å²) in [7, 11) is 1.66. The van der Waals surface area contributed by atoms with E-state index in [9.17, 15) is 0 Å². The number of halogens is 1. The molecule has 0 saturated carbocycles. The van der Waals surface area contributed by atoms with E-state index in [0.29, 0.717) is 11.6 Å². The summed E-state index contributed by atoms with van der Waals surface area (Å²) in [6.07, 6.45) is 1.70. The van der Waals surface area contributed by atoms with Gasteiger partial charge < -0.3 is 9.15 Å². The number of hydrogen-bond donors (Lipinski definition) is 0. The van der Waals surface area contributed by atoms with Crippen LogP contribution in [0.2, 0.25) is 5.02 Å². The summed E-state index contributed by atoms with van der Waals surface area (Å²) in [5.41, 5.74) is 1.86. The van der Waals surface area contributed by atoms with Gasteiger partial charge in [-0.2, -0.15) is 0 Å². The van der Waals surface area contributed by atoms with Crippen molar-refractivity contribution in [1.82, 2.24) is 0 Å². The van der Waals surface area contributed by atoms with E-state index >= 15 is 0 Å². The molecule has 0 aliphatic heterocycles. The third-order valence-corrected chi connectivity index (χ3v) is 2.15. The monoisotopic (exact) mass is 196 g/mol. The molecule has 2 rings (SSSR count). The van der Waals surface area contributed by atoms with Crippen molar-refractivity contribution in [1.29, 1.82) is 0 Å². The van der Waals surface area contributed by atoms with Crippen molar-refractivity contribution in [2.45, 2.75) is 6.61 Å². The fourth-order valence-electron chi connectivity index (χ4n) is 1.32. The number of hydrogen-bond acceptors (Lipinski definition) is 2. The van der Waals surface area contributed by atoms with E-state index in [-0.39, 0.29) is 0 Å². The number of furan rings is 1. The van der Waals surface area contributed by atoms with Gasteiger partial charge in [-0.05, 0) is 18.2 Å². The molecule has 0 aliphatic rings. The van der Waals surface area contributed by atoms with E-state index in [1.807, 2.05) is 12.1 Å². The highest BCUT2D eigenvalue weighted by atomic mass is 35.5. The number of methoxy groups -OCH3 is 1. The molecule has 3 heteroatoms. The van der Waals surface area contributed by atoms with Crippen LogP contribution in [0.4, 0.5) is 0 Å². The van der Waals surface area contributed by atoms with Gasteiger partial charge in [-0.3, -0.25) is 0 Å². The van der Waals surface area contributed by atoms with Crippen LogP contribution in [0.25, 0.3) is 11.0 Å². The van der Waals surface area contributed by atoms with Gasteiger partial charge in [-0.15, -0.1) is 0 Å². The molecule has 68 valence electrons. The van der Waals surface area contributed by atoms with E-state index in [1.165, 1.54) is 0 Å². The smallest absolute Gasteiger partial charge is 0.135 e. The summed E-state index contributed by atoms with van der Waals surface area (Å²) >= 11 is 5.81. The lowest BCUT2D eigenvalue weighted by Gasteiger charge is -1.94. The molecule has 0 amide bonds. The standard InChI is InChI=1S/C10H9ClO2/c1-12-5-7-6-13-10-4-8(11)2-3-9(7)10/h2-4,6H,5H2,1H3. The Morgan fingerprint density at radius 2 is 2.31 bits per heavy atom. The first-order valence-electron chi connectivity index (χ1n) is 3.96. The van der Waals surface area contributed by atoms with Gasteiger partial charge in [0.25, 0.3) is 0 Å². The first-order chi connectivity index (χ1) is 6.31. The molecule has 0 spiro atoms. The summed E-state index contributed by atoms with van der Waals surface area (Å²) in [5.74, 6) is 0. The summed E-state index contributed by atoms with van der Waals surface area (Å²) in [4.78, 5) is 0. The van der Waals surface area contributed by atoms with Crippen LogP contribution in [0.5, 0.6) is 0 Å². The predicted molar refractivity (Wildman–Crippen MR) is 51.9 cm³/mol. The van der Waals surface area contributed by atoms with Crippen molar-refractivity contribution >= 4 is 22.6 Å². The summed E-state index contributed by atoms with van der Waals surface area (Å²) in [6.45, 7) is 0.564. The maximum atomic E-state index is 5.81. The molecular weight excluding hydrogens is 188 g/mol. The molecule has 0 radical (unpaired) electrons. The van der Waals surface area contributed by atoms with Gasteiger partial charge in [0.15, 0.2) is 0 Å². The Kier molecular flexibility index (Phi) is 2.25. The Morgan fingerprint density at radius 3 is 3.08 bits per heavy atom. The first-order valence-corrected chi connectivity index (χ1v) is 4.33. The Morgan fingerprint density at radius 1 is 1.46 bits per heavy atom. The van der Waals surface area contributed by atoms with Gasteiger partial charge in [0.05, 0.1) is 12.9 Å². The maximum absolute atomic E-state index is 5.81. The van der Waals surface area contributed by atoms with Crippen molar-refractivity contribution in [2.24, 2.45) is 0 Å². The molecular formula is C10H9ClO2. The van der Waals surface area contributed by atoms with Gasteiger partial charge in [0, 0.05) is 23.1 Å². The second kappa shape index (κ2) is 3.40. The molecule has 2 aromatic rings. The van der Waals surface area contributed by atoms with E-state index in [4.69, 9.17) is 20.8 Å². The lowest BCUT2D eigenvalue weighted by Crippen LogP contribution is -1.83. The lowest BCUT2D eigenvalue weighted by atomic mass is 10.2. The first kappa shape index (κ1) is 8.60. The van der Waals surface area contributed by atoms with E-state index in [1.54, 1.807) is 19.4 Å². The van der Waals surface area contributed by atoms with Crippen molar-refractivity contribution < 1.29 is 9.15 Å². The molecule has 0 aliphatic carbocycles. The van der Waals surface area contributed by atoms with Crippen LogP contribution in [-0.2, 0) is 11.3 Å². The third-order valence-electron chi connectivity index (χ3n) is 1.92. The molecule has 0 saturated heterocycles. The summed E-state index contributed by atoms with van der Waals surface area (Å²) in [6, 6.07) is 5.59. The molecule has 0 fully saturated rings. The van der Waals surface area contributed by atoms with Crippen LogP contribution < -0.4 is 0 Å². The number of fused-ring (bicyclic) bond motifs is 1. The van der Waals surface area contributed by atoms with Gasteiger partial charge in [-0.25, -0.2) is 0 Å². The van der Waals surface area contributed by atoms with Crippen LogP contribution in [0.15, 0.2) is 28.9 Å². The van der Waals surface area contributed by atoms with Crippen molar-refractivity contribution in [3.05, 3.63) is 35.0 Å². The fraction of sp³-hybridized carbons (Fsp3) is 0.200. The number of rotatable bonds is 2. The molecule has 0 bridgehead atoms.